The summed E-state index contributed by atoms with van der Waals surface area (Å²) < 4.78 is 15.5. The first kappa shape index (κ1) is 17.3. The van der Waals surface area contributed by atoms with Crippen LogP contribution in [0.15, 0.2) is 54.6 Å². The first-order valence-electron chi connectivity index (χ1n) is 7.87. The zero-order chi connectivity index (χ0) is 18.8. The number of nitro groups is 1. The summed E-state index contributed by atoms with van der Waals surface area (Å²) >= 11 is 0. The van der Waals surface area contributed by atoms with E-state index in [1.807, 2.05) is 38.1 Å². The fourth-order valence-electron chi connectivity index (χ4n) is 2.77. The van der Waals surface area contributed by atoms with Crippen molar-refractivity contribution in [2.45, 2.75) is 13.8 Å². The van der Waals surface area contributed by atoms with E-state index in [2.05, 4.69) is 9.88 Å². The standard InChI is InChI=1S/C19H16FN3O3/c1-12-3-4-13(2)22(12)16-8-6-15(7-9-16)21-19(24)14-5-10-17(20)18(11-14)23(25)26/h3-11H,1-2H3,(H,21,24). The molecule has 132 valence electrons. The first-order chi connectivity index (χ1) is 12.4. The maximum Gasteiger partial charge on any atom is 0.305 e. The fourth-order valence-corrected chi connectivity index (χ4v) is 2.77. The number of rotatable bonds is 4. The Bertz CT molecular complexity index is 974. The molecule has 0 aliphatic carbocycles. The summed E-state index contributed by atoms with van der Waals surface area (Å²) in [4.78, 5) is 22.2. The molecule has 0 spiro atoms. The lowest BCUT2D eigenvalue weighted by Gasteiger charge is -2.11. The predicted molar refractivity (Wildman–Crippen MR) is 96.3 cm³/mol. The number of aromatic nitrogens is 1. The smallest absolute Gasteiger partial charge is 0.305 e. The number of halogens is 1. The van der Waals surface area contributed by atoms with E-state index in [0.717, 1.165) is 29.2 Å². The molecule has 26 heavy (non-hydrogen) atoms. The second-order valence-electron chi connectivity index (χ2n) is 5.88. The van der Waals surface area contributed by atoms with Crippen molar-refractivity contribution in [2.75, 3.05) is 5.32 Å². The van der Waals surface area contributed by atoms with Crippen molar-refractivity contribution in [3.05, 3.63) is 87.5 Å². The number of aryl methyl sites for hydroxylation is 2. The summed E-state index contributed by atoms with van der Waals surface area (Å²) in [6.07, 6.45) is 0. The normalized spacial score (nSPS) is 10.6. The lowest BCUT2D eigenvalue weighted by molar-refractivity contribution is -0.387. The molecule has 0 saturated heterocycles. The van der Waals surface area contributed by atoms with Gasteiger partial charge in [-0.1, -0.05) is 0 Å². The lowest BCUT2D eigenvalue weighted by Crippen LogP contribution is -2.12. The van der Waals surface area contributed by atoms with Crippen LogP contribution in [0, 0.1) is 29.8 Å². The van der Waals surface area contributed by atoms with Crippen LogP contribution in [0.5, 0.6) is 0 Å². The molecule has 3 aromatic rings. The van der Waals surface area contributed by atoms with Crippen molar-refractivity contribution in [3.63, 3.8) is 0 Å². The number of benzene rings is 2. The average molecular weight is 353 g/mol. The second kappa shape index (κ2) is 6.79. The minimum atomic E-state index is -0.978. The van der Waals surface area contributed by atoms with Gasteiger partial charge in [-0.3, -0.25) is 14.9 Å². The van der Waals surface area contributed by atoms with Gasteiger partial charge in [-0.2, -0.15) is 4.39 Å². The molecule has 2 aromatic carbocycles. The zero-order valence-electron chi connectivity index (χ0n) is 14.2. The molecule has 1 amide bonds. The number of nitrogens with zero attached hydrogens (tertiary/aromatic N) is 2. The van der Waals surface area contributed by atoms with Gasteiger partial charge in [0.05, 0.1) is 4.92 Å². The summed E-state index contributed by atoms with van der Waals surface area (Å²) in [5.74, 6) is -1.53. The third-order valence-corrected chi connectivity index (χ3v) is 4.06. The molecule has 0 aliphatic heterocycles. The number of nitrogens with one attached hydrogen (secondary N) is 1. The maximum absolute atomic E-state index is 13.4. The van der Waals surface area contributed by atoms with Crippen LogP contribution in [-0.4, -0.2) is 15.4 Å². The monoisotopic (exact) mass is 353 g/mol. The highest BCUT2D eigenvalue weighted by Crippen LogP contribution is 2.21. The van der Waals surface area contributed by atoms with Crippen molar-refractivity contribution < 1.29 is 14.1 Å². The van der Waals surface area contributed by atoms with Gasteiger partial charge in [-0.15, -0.1) is 0 Å². The van der Waals surface area contributed by atoms with E-state index in [-0.39, 0.29) is 5.56 Å². The average Bonchev–Trinajstić information content (AvgIpc) is 2.94. The van der Waals surface area contributed by atoms with Gasteiger partial charge >= 0.3 is 5.69 Å². The maximum atomic E-state index is 13.4. The molecule has 1 N–H and O–H groups in total. The molecule has 6 nitrogen and oxygen atoms in total. The van der Waals surface area contributed by atoms with E-state index in [4.69, 9.17) is 0 Å². The van der Waals surface area contributed by atoms with Gasteiger partial charge < -0.3 is 9.88 Å². The molecule has 0 atom stereocenters. The van der Waals surface area contributed by atoms with E-state index in [1.54, 1.807) is 12.1 Å². The van der Waals surface area contributed by atoms with E-state index in [1.165, 1.54) is 6.07 Å². The van der Waals surface area contributed by atoms with E-state index in [0.29, 0.717) is 5.69 Å². The van der Waals surface area contributed by atoms with Gasteiger partial charge in [0.25, 0.3) is 5.91 Å². The highest BCUT2D eigenvalue weighted by molar-refractivity contribution is 6.04. The fraction of sp³-hybridized carbons (Fsp3) is 0.105. The van der Waals surface area contributed by atoms with E-state index in [9.17, 15) is 19.3 Å². The molecule has 0 bridgehead atoms. The van der Waals surface area contributed by atoms with Crippen LogP contribution in [-0.2, 0) is 0 Å². The molecule has 0 unspecified atom stereocenters. The van der Waals surface area contributed by atoms with Gasteiger partial charge in [-0.05, 0) is 62.4 Å². The molecule has 0 aliphatic rings. The van der Waals surface area contributed by atoms with Gasteiger partial charge in [0.2, 0.25) is 5.82 Å². The highest BCUT2D eigenvalue weighted by atomic mass is 19.1. The topological polar surface area (TPSA) is 77.2 Å². The molecule has 0 saturated carbocycles. The molecule has 0 fully saturated rings. The SMILES string of the molecule is Cc1ccc(C)n1-c1ccc(NC(=O)c2ccc(F)c([N+](=O)[O-])c2)cc1. The molecule has 1 heterocycles. The highest BCUT2D eigenvalue weighted by Gasteiger charge is 2.17. The Morgan fingerprint density at radius 2 is 1.65 bits per heavy atom. The first-order valence-corrected chi connectivity index (χ1v) is 7.87. The lowest BCUT2D eigenvalue weighted by atomic mass is 10.1. The van der Waals surface area contributed by atoms with E-state index >= 15 is 0 Å². The third kappa shape index (κ3) is 3.32. The number of carbonyl (C=O) groups is 1. The molecular formula is C19H16FN3O3. The Labute approximate surface area is 149 Å². The van der Waals surface area contributed by atoms with Gasteiger partial charge in [0, 0.05) is 34.4 Å². The van der Waals surface area contributed by atoms with Crippen molar-refractivity contribution >= 4 is 17.3 Å². The van der Waals surface area contributed by atoms with Crippen LogP contribution in [0.2, 0.25) is 0 Å². The van der Waals surface area contributed by atoms with Crippen LogP contribution < -0.4 is 5.32 Å². The molecule has 3 rings (SSSR count). The minimum Gasteiger partial charge on any atom is -0.322 e. The minimum absolute atomic E-state index is 0.0132. The van der Waals surface area contributed by atoms with Gasteiger partial charge in [-0.25, -0.2) is 0 Å². The van der Waals surface area contributed by atoms with Crippen LogP contribution in [0.3, 0.4) is 0 Å². The Hall–Kier alpha value is -3.48. The number of hydrogen-bond donors (Lipinski definition) is 1. The number of amides is 1. The summed E-state index contributed by atoms with van der Waals surface area (Å²) in [5.41, 5.74) is 2.97. The molecular weight excluding hydrogens is 337 g/mol. The Morgan fingerprint density at radius 1 is 1.04 bits per heavy atom. The molecule has 1 aromatic heterocycles. The predicted octanol–water partition coefficient (Wildman–Crippen LogP) is 4.39. The van der Waals surface area contributed by atoms with Crippen LogP contribution >= 0.6 is 0 Å². The molecule has 7 heteroatoms. The van der Waals surface area contributed by atoms with Crippen LogP contribution in [0.4, 0.5) is 15.8 Å². The van der Waals surface area contributed by atoms with Crippen LogP contribution in [0.1, 0.15) is 21.7 Å². The number of anilines is 1. The second-order valence-corrected chi connectivity index (χ2v) is 5.88. The summed E-state index contributed by atoms with van der Waals surface area (Å²) in [6, 6.07) is 14.3. The van der Waals surface area contributed by atoms with Crippen molar-refractivity contribution in [1.82, 2.24) is 4.57 Å². The van der Waals surface area contributed by atoms with Gasteiger partial charge in [0.1, 0.15) is 0 Å². The molecule has 0 radical (unpaired) electrons. The quantitative estimate of drug-likeness (QED) is 0.558. The van der Waals surface area contributed by atoms with Crippen molar-refractivity contribution in [2.24, 2.45) is 0 Å². The summed E-state index contributed by atoms with van der Waals surface area (Å²) in [6.45, 7) is 4.01. The number of nitro benzene ring substituents is 1. The summed E-state index contributed by atoms with van der Waals surface area (Å²) in [7, 11) is 0. The Morgan fingerprint density at radius 3 is 2.23 bits per heavy atom. The van der Waals surface area contributed by atoms with Crippen molar-refractivity contribution in [1.29, 1.82) is 0 Å². The number of hydrogen-bond acceptors (Lipinski definition) is 3. The van der Waals surface area contributed by atoms with Gasteiger partial charge in [0.15, 0.2) is 0 Å². The Kier molecular flexibility index (Phi) is 4.53. The largest absolute Gasteiger partial charge is 0.322 e. The zero-order valence-corrected chi connectivity index (χ0v) is 14.2. The van der Waals surface area contributed by atoms with Crippen molar-refractivity contribution in [3.8, 4) is 5.69 Å². The number of carbonyl (C=O) groups excluding carboxylic acids is 1. The van der Waals surface area contributed by atoms with E-state index < -0.39 is 22.3 Å². The Balaban J connectivity index is 1.80. The van der Waals surface area contributed by atoms with Crippen LogP contribution in [0.25, 0.3) is 5.69 Å². The third-order valence-electron chi connectivity index (χ3n) is 4.06. The summed E-state index contributed by atoms with van der Waals surface area (Å²) in [5, 5.41) is 13.4.